The summed E-state index contributed by atoms with van der Waals surface area (Å²) in [5.41, 5.74) is 4.32. The van der Waals surface area contributed by atoms with Gasteiger partial charge in [0, 0.05) is 12.7 Å². The minimum absolute atomic E-state index is 0.186. The second-order valence-electron chi connectivity index (χ2n) is 3.98. The highest BCUT2D eigenvalue weighted by molar-refractivity contribution is 9.09. The third kappa shape index (κ3) is 2.28. The number of hydrogen-bond donors (Lipinski definition) is 1. The third-order valence-electron chi connectivity index (χ3n) is 2.91. The molecule has 16 heavy (non-hydrogen) atoms. The Kier molecular flexibility index (Phi) is 3.61. The van der Waals surface area contributed by atoms with Crippen molar-refractivity contribution >= 4 is 27.5 Å². The number of carbonyl (C=O) groups excluding carboxylic acids is 1. The van der Waals surface area contributed by atoms with Crippen LogP contribution in [0.15, 0.2) is 18.2 Å². The molecule has 0 atom stereocenters. The molecule has 1 aromatic carbocycles. The van der Waals surface area contributed by atoms with Gasteiger partial charge in [-0.1, -0.05) is 28.1 Å². The zero-order valence-electron chi connectivity index (χ0n) is 9.29. The Labute approximate surface area is 104 Å². The highest BCUT2D eigenvalue weighted by Gasteiger charge is 2.23. The van der Waals surface area contributed by atoms with E-state index < -0.39 is 0 Å². The van der Waals surface area contributed by atoms with Gasteiger partial charge >= 0.3 is 0 Å². The topological polar surface area (TPSA) is 32.3 Å². The monoisotopic (exact) mass is 282 g/mol. The molecular weight excluding hydrogens is 268 g/mol. The van der Waals surface area contributed by atoms with Gasteiger partial charge in [-0.15, -0.1) is 0 Å². The van der Waals surface area contributed by atoms with E-state index in [0.29, 0.717) is 6.42 Å². The van der Waals surface area contributed by atoms with Crippen molar-refractivity contribution in [2.75, 3.05) is 23.9 Å². The van der Waals surface area contributed by atoms with Gasteiger partial charge in [0.25, 0.3) is 0 Å². The number of alkyl halides is 1. The summed E-state index contributed by atoms with van der Waals surface area (Å²) in [4.78, 5) is 13.2. The van der Waals surface area contributed by atoms with E-state index in [1.807, 2.05) is 13.1 Å². The first kappa shape index (κ1) is 11.6. The summed E-state index contributed by atoms with van der Waals surface area (Å²) in [6.45, 7) is 0.952. The Balaban J connectivity index is 2.09. The summed E-state index contributed by atoms with van der Waals surface area (Å²) in [7, 11) is 1.83. The molecule has 0 aliphatic carbocycles. The fourth-order valence-corrected chi connectivity index (χ4v) is 2.26. The van der Waals surface area contributed by atoms with Crippen molar-refractivity contribution in [3.8, 4) is 0 Å². The van der Waals surface area contributed by atoms with Gasteiger partial charge in [-0.25, -0.2) is 0 Å². The molecule has 0 radical (unpaired) electrons. The normalized spacial score (nSPS) is 14.4. The summed E-state index contributed by atoms with van der Waals surface area (Å²) in [6, 6.07) is 6.29. The number of nitrogens with one attached hydrogen (secondary N) is 1. The minimum atomic E-state index is 0.186. The highest BCUT2D eigenvalue weighted by atomic mass is 79.9. The van der Waals surface area contributed by atoms with Crippen LogP contribution in [0.1, 0.15) is 11.1 Å². The van der Waals surface area contributed by atoms with E-state index in [9.17, 15) is 4.79 Å². The maximum Gasteiger partial charge on any atom is 0.231 e. The van der Waals surface area contributed by atoms with Gasteiger partial charge in [0.2, 0.25) is 5.91 Å². The van der Waals surface area contributed by atoms with Crippen LogP contribution < -0.4 is 10.2 Å². The van der Waals surface area contributed by atoms with E-state index in [-0.39, 0.29) is 5.91 Å². The van der Waals surface area contributed by atoms with Crippen molar-refractivity contribution in [2.24, 2.45) is 0 Å². The second-order valence-corrected chi connectivity index (χ2v) is 4.54. The van der Waals surface area contributed by atoms with Gasteiger partial charge < -0.3 is 10.2 Å². The standard InChI is InChI=1S/C12H15BrN2O/c1-15-11-3-2-9(4-5-14-8-13)6-10(11)7-12(15)16/h2-3,6,14H,4-5,7-8H2,1H3. The largest absolute Gasteiger partial charge is 0.315 e. The van der Waals surface area contributed by atoms with E-state index in [1.165, 1.54) is 5.56 Å². The first-order valence-corrected chi connectivity index (χ1v) is 6.49. The third-order valence-corrected chi connectivity index (χ3v) is 3.30. The lowest BCUT2D eigenvalue weighted by Crippen LogP contribution is -2.20. The average Bonchev–Trinajstić information content (AvgIpc) is 2.55. The van der Waals surface area contributed by atoms with Crippen molar-refractivity contribution in [3.05, 3.63) is 29.3 Å². The molecule has 86 valence electrons. The fourth-order valence-electron chi connectivity index (χ4n) is 1.98. The quantitative estimate of drug-likeness (QED) is 0.518. The lowest BCUT2D eigenvalue weighted by molar-refractivity contribution is -0.117. The first-order chi connectivity index (χ1) is 7.72. The number of rotatable bonds is 4. The number of fused-ring (bicyclic) bond motifs is 1. The summed E-state index contributed by atoms with van der Waals surface area (Å²) in [5, 5.41) is 3.22. The van der Waals surface area contributed by atoms with Crippen LogP contribution in [0.5, 0.6) is 0 Å². The summed E-state index contributed by atoms with van der Waals surface area (Å²) in [6.07, 6.45) is 1.54. The minimum Gasteiger partial charge on any atom is -0.315 e. The number of carbonyl (C=O) groups is 1. The number of hydrogen-bond acceptors (Lipinski definition) is 2. The van der Waals surface area contributed by atoms with E-state index in [0.717, 1.165) is 29.7 Å². The molecule has 1 amide bonds. The SMILES string of the molecule is CN1C(=O)Cc2cc(CCNCBr)ccc21. The zero-order chi connectivity index (χ0) is 11.5. The van der Waals surface area contributed by atoms with Gasteiger partial charge in [0.1, 0.15) is 0 Å². The van der Waals surface area contributed by atoms with Gasteiger partial charge in [-0.3, -0.25) is 4.79 Å². The van der Waals surface area contributed by atoms with Crippen molar-refractivity contribution in [1.29, 1.82) is 0 Å². The predicted octanol–water partition coefficient (Wildman–Crippen LogP) is 1.69. The number of halogens is 1. The molecular formula is C12H15BrN2O. The zero-order valence-corrected chi connectivity index (χ0v) is 10.9. The van der Waals surface area contributed by atoms with Crippen LogP contribution in [0.4, 0.5) is 5.69 Å². The van der Waals surface area contributed by atoms with Crippen molar-refractivity contribution in [2.45, 2.75) is 12.8 Å². The smallest absolute Gasteiger partial charge is 0.231 e. The van der Waals surface area contributed by atoms with Crippen LogP contribution in [0.25, 0.3) is 0 Å². The Bertz CT molecular complexity index is 406. The summed E-state index contributed by atoms with van der Waals surface area (Å²) < 4.78 is 0. The van der Waals surface area contributed by atoms with Crippen molar-refractivity contribution in [1.82, 2.24) is 5.32 Å². The second kappa shape index (κ2) is 4.97. The van der Waals surface area contributed by atoms with E-state index in [1.54, 1.807) is 4.90 Å². The molecule has 0 fully saturated rings. The van der Waals surface area contributed by atoms with Crippen LogP contribution in [-0.4, -0.2) is 25.0 Å². The van der Waals surface area contributed by atoms with Crippen LogP contribution in [-0.2, 0) is 17.6 Å². The molecule has 0 bridgehead atoms. The van der Waals surface area contributed by atoms with Crippen LogP contribution in [0.2, 0.25) is 0 Å². The molecule has 1 heterocycles. The van der Waals surface area contributed by atoms with E-state index >= 15 is 0 Å². The highest BCUT2D eigenvalue weighted by Crippen LogP contribution is 2.28. The molecule has 0 unspecified atom stereocenters. The maximum absolute atomic E-state index is 11.5. The van der Waals surface area contributed by atoms with E-state index in [4.69, 9.17) is 0 Å². The average molecular weight is 283 g/mol. The number of likely N-dealkylation sites (N-methyl/N-ethyl adjacent to an activating group) is 1. The molecule has 0 saturated carbocycles. The number of anilines is 1. The molecule has 0 spiro atoms. The van der Waals surface area contributed by atoms with Gasteiger partial charge in [-0.05, 0) is 30.2 Å². The van der Waals surface area contributed by atoms with Crippen molar-refractivity contribution in [3.63, 3.8) is 0 Å². The van der Waals surface area contributed by atoms with Gasteiger partial charge in [0.15, 0.2) is 0 Å². The van der Waals surface area contributed by atoms with E-state index in [2.05, 4.69) is 33.4 Å². The Hall–Kier alpha value is -0.870. The molecule has 1 aliphatic heterocycles. The number of benzene rings is 1. The van der Waals surface area contributed by atoms with Gasteiger partial charge in [0.05, 0.1) is 11.9 Å². The Morgan fingerprint density at radius 1 is 1.50 bits per heavy atom. The summed E-state index contributed by atoms with van der Waals surface area (Å²) >= 11 is 3.33. The number of amides is 1. The molecule has 1 N–H and O–H groups in total. The lowest BCUT2D eigenvalue weighted by atomic mass is 10.1. The van der Waals surface area contributed by atoms with Crippen LogP contribution in [0, 0.1) is 0 Å². The summed E-state index contributed by atoms with van der Waals surface area (Å²) in [5.74, 6) is 0.186. The number of nitrogens with zero attached hydrogens (tertiary/aromatic N) is 1. The molecule has 2 rings (SSSR count). The Morgan fingerprint density at radius 2 is 2.31 bits per heavy atom. The molecule has 0 saturated heterocycles. The predicted molar refractivity (Wildman–Crippen MR) is 69.1 cm³/mol. The van der Waals surface area contributed by atoms with Gasteiger partial charge in [-0.2, -0.15) is 0 Å². The molecule has 1 aromatic rings. The lowest BCUT2D eigenvalue weighted by Gasteiger charge is -2.10. The fraction of sp³-hybridized carbons (Fsp3) is 0.417. The first-order valence-electron chi connectivity index (χ1n) is 5.37. The van der Waals surface area contributed by atoms with Crippen LogP contribution >= 0.6 is 15.9 Å². The molecule has 3 nitrogen and oxygen atoms in total. The molecule has 0 aromatic heterocycles. The molecule has 4 heteroatoms. The van der Waals surface area contributed by atoms with Crippen molar-refractivity contribution < 1.29 is 4.79 Å². The Morgan fingerprint density at radius 3 is 3.06 bits per heavy atom. The molecule has 1 aliphatic rings. The van der Waals surface area contributed by atoms with Crippen LogP contribution in [0.3, 0.4) is 0 Å². The maximum atomic E-state index is 11.5.